The number of imidazole rings is 1. The smallest absolute Gasteiger partial charge is 0.305 e. The molecule has 5 nitrogen and oxygen atoms in total. The van der Waals surface area contributed by atoms with E-state index >= 15 is 0 Å². The van der Waals surface area contributed by atoms with Crippen LogP contribution >= 0.6 is 0 Å². The summed E-state index contributed by atoms with van der Waals surface area (Å²) < 4.78 is 125. The Hall–Kier alpha value is -3.61. The van der Waals surface area contributed by atoms with E-state index in [1.54, 1.807) is 6.07 Å². The zero-order valence-electron chi connectivity index (χ0n) is 18.1. The topological polar surface area (TPSA) is 56.4 Å². The van der Waals surface area contributed by atoms with Crippen LogP contribution in [0.25, 0.3) is 11.0 Å². The first-order valence-corrected chi connectivity index (χ1v) is 11.7. The van der Waals surface area contributed by atoms with E-state index in [2.05, 4.69) is 4.40 Å². The molecule has 0 aliphatic heterocycles. The summed E-state index contributed by atoms with van der Waals surface area (Å²) in [6.07, 6.45) is -9.70. The summed E-state index contributed by atoms with van der Waals surface area (Å²) in [5, 5.41) is 0. The summed E-state index contributed by atoms with van der Waals surface area (Å²) in [6, 6.07) is 14.5. The fourth-order valence-corrected chi connectivity index (χ4v) is 4.71. The predicted molar refractivity (Wildman–Crippen MR) is 116 cm³/mol. The number of rotatable bonds is 5. The Morgan fingerprint density at radius 2 is 1.36 bits per heavy atom. The number of alkyl halides is 6. The molecular formula is C23H16F7N3O2S. The Balaban J connectivity index is 1.98. The van der Waals surface area contributed by atoms with Crippen LogP contribution in [0.15, 0.2) is 82.1 Å². The maximum absolute atomic E-state index is 14.2. The van der Waals surface area contributed by atoms with Crippen LogP contribution in [-0.2, 0) is 29.3 Å². The number of hydrogen-bond acceptors (Lipinski definition) is 2. The zero-order valence-corrected chi connectivity index (χ0v) is 18.9. The van der Waals surface area contributed by atoms with Gasteiger partial charge in [0.1, 0.15) is 12.4 Å². The van der Waals surface area contributed by atoms with Crippen LogP contribution in [0.3, 0.4) is 0 Å². The molecule has 4 rings (SSSR count). The average molecular weight is 531 g/mol. The Morgan fingerprint density at radius 1 is 0.778 bits per heavy atom. The summed E-state index contributed by atoms with van der Waals surface area (Å²) >= 11 is 0. The van der Waals surface area contributed by atoms with Gasteiger partial charge >= 0.3 is 12.4 Å². The van der Waals surface area contributed by atoms with Crippen molar-refractivity contribution < 1.29 is 39.2 Å². The third-order valence-electron chi connectivity index (χ3n) is 5.21. The zero-order chi connectivity index (χ0) is 26.3. The number of benzene rings is 3. The normalized spacial score (nSPS) is 13.5. The van der Waals surface area contributed by atoms with Gasteiger partial charge in [-0.1, -0.05) is 36.4 Å². The first kappa shape index (κ1) is 25.5. The third kappa shape index (κ3) is 5.30. The fraction of sp³-hybridized carbons (Fsp3) is 0.174. The number of nitrogens with zero attached hydrogens (tertiary/aromatic N) is 3. The lowest BCUT2D eigenvalue weighted by Gasteiger charge is -2.11. The van der Waals surface area contributed by atoms with Gasteiger partial charge in [0.15, 0.2) is 0 Å². The number of para-hydroxylation sites is 2. The molecule has 0 N–H and O–H groups in total. The van der Waals surface area contributed by atoms with Crippen LogP contribution < -0.4 is 5.62 Å². The van der Waals surface area contributed by atoms with Crippen LogP contribution in [-0.4, -0.2) is 23.7 Å². The van der Waals surface area contributed by atoms with Crippen LogP contribution in [0.5, 0.6) is 0 Å². The second-order valence-corrected chi connectivity index (χ2v) is 9.37. The largest absolute Gasteiger partial charge is 0.419 e. The van der Waals surface area contributed by atoms with Crippen molar-refractivity contribution in [2.75, 3.05) is 0 Å². The van der Waals surface area contributed by atoms with Gasteiger partial charge in [0.2, 0.25) is 5.62 Å². The number of aromatic nitrogens is 2. The van der Waals surface area contributed by atoms with E-state index < -0.39 is 52.5 Å². The van der Waals surface area contributed by atoms with Gasteiger partial charge in [-0.05, 0) is 42.0 Å². The van der Waals surface area contributed by atoms with E-state index in [1.165, 1.54) is 48.5 Å². The number of sulfonamides is 1. The molecule has 1 heterocycles. The van der Waals surface area contributed by atoms with E-state index in [-0.39, 0.29) is 21.5 Å². The van der Waals surface area contributed by atoms with Crippen molar-refractivity contribution >= 4 is 21.1 Å². The highest BCUT2D eigenvalue weighted by Gasteiger charge is 2.34. The van der Waals surface area contributed by atoms with Crippen molar-refractivity contribution in [3.8, 4) is 0 Å². The van der Waals surface area contributed by atoms with Gasteiger partial charge < -0.3 is 9.13 Å². The van der Waals surface area contributed by atoms with Crippen LogP contribution in [0, 0.1) is 5.82 Å². The predicted octanol–water partition coefficient (Wildman–Crippen LogP) is 5.50. The van der Waals surface area contributed by atoms with Crippen LogP contribution in [0.4, 0.5) is 30.7 Å². The first-order valence-electron chi connectivity index (χ1n) is 10.2. The Kier molecular flexibility index (Phi) is 6.45. The van der Waals surface area contributed by atoms with Crippen molar-refractivity contribution in [2.24, 2.45) is 4.40 Å². The molecular weight excluding hydrogens is 515 g/mol. The Morgan fingerprint density at radius 3 is 1.92 bits per heavy atom. The quantitative estimate of drug-likeness (QED) is 0.320. The molecule has 0 radical (unpaired) electrons. The number of hydrogen-bond donors (Lipinski definition) is 0. The van der Waals surface area contributed by atoms with Crippen molar-refractivity contribution in [3.05, 3.63) is 95.4 Å². The molecule has 13 heteroatoms. The van der Waals surface area contributed by atoms with Gasteiger partial charge in [-0.2, -0.15) is 34.8 Å². The summed E-state index contributed by atoms with van der Waals surface area (Å²) in [6.45, 7) is -2.05. The van der Waals surface area contributed by atoms with Gasteiger partial charge in [0.05, 0.1) is 28.0 Å². The minimum absolute atomic E-state index is 0.0239. The van der Waals surface area contributed by atoms with E-state index in [0.29, 0.717) is 16.7 Å². The monoisotopic (exact) mass is 531 g/mol. The lowest BCUT2D eigenvalue weighted by Crippen LogP contribution is -2.32. The van der Waals surface area contributed by atoms with Crippen molar-refractivity contribution in [3.63, 3.8) is 0 Å². The molecule has 0 saturated heterocycles. The van der Waals surface area contributed by atoms with Gasteiger partial charge in [-0.3, -0.25) is 0 Å². The SMILES string of the molecule is O=S(=O)(/N=c1\n(Cc2ccc(C(F)(F)F)c(F)c2)c2ccccc2n1CC(F)(F)F)c1ccccc1. The molecule has 0 fully saturated rings. The van der Waals surface area contributed by atoms with Crippen molar-refractivity contribution in [1.82, 2.24) is 9.13 Å². The molecule has 0 saturated carbocycles. The molecule has 0 spiro atoms. The highest BCUT2D eigenvalue weighted by molar-refractivity contribution is 7.90. The molecule has 4 aromatic rings. The maximum Gasteiger partial charge on any atom is 0.419 e. The molecule has 0 amide bonds. The second kappa shape index (κ2) is 9.12. The van der Waals surface area contributed by atoms with Gasteiger partial charge in [0.25, 0.3) is 10.0 Å². The molecule has 0 aliphatic carbocycles. The molecule has 36 heavy (non-hydrogen) atoms. The molecule has 0 aliphatic rings. The van der Waals surface area contributed by atoms with E-state index in [1.807, 2.05) is 0 Å². The fourth-order valence-electron chi connectivity index (χ4n) is 3.69. The maximum atomic E-state index is 14.2. The summed E-state index contributed by atoms with van der Waals surface area (Å²) in [4.78, 5) is -0.277. The first-order chi connectivity index (χ1) is 16.8. The van der Waals surface area contributed by atoms with E-state index in [4.69, 9.17) is 0 Å². The molecule has 3 aromatic carbocycles. The third-order valence-corrected chi connectivity index (χ3v) is 6.48. The van der Waals surface area contributed by atoms with Gasteiger partial charge in [-0.25, -0.2) is 4.39 Å². The lowest BCUT2D eigenvalue weighted by atomic mass is 10.1. The van der Waals surface area contributed by atoms with Crippen molar-refractivity contribution in [2.45, 2.75) is 30.3 Å². The van der Waals surface area contributed by atoms with E-state index in [9.17, 15) is 39.2 Å². The Bertz CT molecular complexity index is 1590. The standard InChI is InChI=1S/C23H16F7N3O2S/c24-18-12-15(10-11-17(18)23(28,29)30)13-32-19-8-4-5-9-20(19)33(14-22(25,26)27)21(32)31-36(34,35)16-6-2-1-3-7-16/h1-12H,13-14H2/b31-21+. The van der Waals surface area contributed by atoms with E-state index in [0.717, 1.165) is 10.6 Å². The van der Waals surface area contributed by atoms with Crippen molar-refractivity contribution in [1.29, 1.82) is 0 Å². The molecule has 0 bridgehead atoms. The molecule has 0 atom stereocenters. The summed E-state index contributed by atoms with van der Waals surface area (Å²) in [7, 11) is -4.49. The van der Waals surface area contributed by atoms with Crippen LogP contribution in [0.2, 0.25) is 0 Å². The minimum atomic E-state index is -4.94. The lowest BCUT2D eigenvalue weighted by molar-refractivity contribution is -0.141. The summed E-state index contributed by atoms with van der Waals surface area (Å²) in [5.74, 6) is -1.57. The molecule has 190 valence electrons. The highest BCUT2D eigenvalue weighted by atomic mass is 32.2. The van der Waals surface area contributed by atoms with Gasteiger partial charge in [0, 0.05) is 0 Å². The highest BCUT2D eigenvalue weighted by Crippen LogP contribution is 2.32. The van der Waals surface area contributed by atoms with Crippen LogP contribution in [0.1, 0.15) is 11.1 Å². The van der Waals surface area contributed by atoms with Gasteiger partial charge in [-0.15, -0.1) is 4.40 Å². The second-order valence-electron chi connectivity index (χ2n) is 7.77. The summed E-state index contributed by atoms with van der Waals surface area (Å²) in [5.41, 5.74) is -2.09. The Labute approximate surface area is 199 Å². The average Bonchev–Trinajstić information content (AvgIpc) is 3.04. The number of halogens is 7. The minimum Gasteiger partial charge on any atom is -0.305 e. The molecule has 1 aromatic heterocycles. The number of fused-ring (bicyclic) bond motifs is 1. The molecule has 0 unspecified atom stereocenters.